The average molecular weight is 393 g/mol. The van der Waals surface area contributed by atoms with Crippen LogP contribution in [0.4, 0.5) is 5.00 Å². The van der Waals surface area contributed by atoms with Gasteiger partial charge < -0.3 is 15.0 Å². The Balaban J connectivity index is 1.65. The highest BCUT2D eigenvalue weighted by Crippen LogP contribution is 2.35. The summed E-state index contributed by atoms with van der Waals surface area (Å²) in [7, 11) is 0. The molecule has 148 valence electrons. The number of esters is 1. The number of hydrogen-bond donors (Lipinski definition) is 1. The van der Waals surface area contributed by atoms with E-state index in [2.05, 4.69) is 5.32 Å². The Morgan fingerprint density at radius 2 is 1.78 bits per heavy atom. The van der Waals surface area contributed by atoms with Crippen molar-refractivity contribution in [3.63, 3.8) is 0 Å². The number of ether oxygens (including phenoxy) is 1. The van der Waals surface area contributed by atoms with E-state index in [1.807, 2.05) is 18.7 Å². The Labute approximate surface area is 164 Å². The fourth-order valence-corrected chi connectivity index (χ4v) is 4.81. The molecule has 1 aromatic rings. The molecule has 27 heavy (non-hydrogen) atoms. The topological polar surface area (TPSA) is 75.7 Å². The number of amides is 2. The maximum Gasteiger partial charge on any atom is 0.341 e. The maximum atomic E-state index is 12.8. The summed E-state index contributed by atoms with van der Waals surface area (Å²) in [5.41, 5.74) is 1.44. The largest absolute Gasteiger partial charge is 0.462 e. The Kier molecular flexibility index (Phi) is 6.19. The van der Waals surface area contributed by atoms with Gasteiger partial charge in [-0.3, -0.25) is 9.59 Å². The minimum Gasteiger partial charge on any atom is -0.462 e. The molecule has 2 fully saturated rings. The van der Waals surface area contributed by atoms with Gasteiger partial charge in [-0.15, -0.1) is 11.3 Å². The fourth-order valence-electron chi connectivity index (χ4n) is 3.68. The van der Waals surface area contributed by atoms with Crippen LogP contribution < -0.4 is 5.32 Å². The monoisotopic (exact) mass is 392 g/mol. The lowest BCUT2D eigenvalue weighted by Crippen LogP contribution is -2.42. The number of carbonyl (C=O) groups excluding carboxylic acids is 3. The van der Waals surface area contributed by atoms with Crippen LogP contribution in [0.25, 0.3) is 0 Å². The van der Waals surface area contributed by atoms with Crippen molar-refractivity contribution in [1.29, 1.82) is 0 Å². The predicted molar refractivity (Wildman–Crippen MR) is 105 cm³/mol. The van der Waals surface area contributed by atoms with Gasteiger partial charge in [-0.2, -0.15) is 0 Å². The van der Waals surface area contributed by atoms with Crippen molar-refractivity contribution in [2.75, 3.05) is 25.0 Å². The van der Waals surface area contributed by atoms with Crippen LogP contribution in [0.1, 0.15) is 60.3 Å². The minimum absolute atomic E-state index is 0.0667. The molecule has 3 rings (SSSR count). The van der Waals surface area contributed by atoms with Gasteiger partial charge in [0.1, 0.15) is 5.00 Å². The van der Waals surface area contributed by atoms with Gasteiger partial charge in [0.15, 0.2) is 0 Å². The van der Waals surface area contributed by atoms with E-state index >= 15 is 0 Å². The number of nitrogens with zero attached hydrogens (tertiary/aromatic N) is 1. The third-order valence-electron chi connectivity index (χ3n) is 5.38. The van der Waals surface area contributed by atoms with Gasteiger partial charge in [0, 0.05) is 29.8 Å². The van der Waals surface area contributed by atoms with Gasteiger partial charge in [0.2, 0.25) is 11.8 Å². The van der Waals surface area contributed by atoms with Crippen molar-refractivity contribution in [3.8, 4) is 0 Å². The van der Waals surface area contributed by atoms with E-state index < -0.39 is 0 Å². The Hall–Kier alpha value is -1.89. The van der Waals surface area contributed by atoms with Gasteiger partial charge in [-0.25, -0.2) is 4.79 Å². The lowest BCUT2D eigenvalue weighted by Gasteiger charge is -2.31. The number of nitrogens with one attached hydrogen (secondary N) is 1. The normalized spacial score (nSPS) is 17.7. The Morgan fingerprint density at radius 3 is 2.33 bits per heavy atom. The molecule has 7 heteroatoms. The average Bonchev–Trinajstić information content (AvgIpc) is 3.45. The highest BCUT2D eigenvalue weighted by molar-refractivity contribution is 7.16. The zero-order valence-corrected chi connectivity index (χ0v) is 17.1. The molecule has 1 saturated heterocycles. The lowest BCUT2D eigenvalue weighted by atomic mass is 9.95. The van der Waals surface area contributed by atoms with Crippen LogP contribution in [-0.2, 0) is 20.7 Å². The first-order valence-corrected chi connectivity index (χ1v) is 10.7. The van der Waals surface area contributed by atoms with Gasteiger partial charge >= 0.3 is 5.97 Å². The molecule has 0 bridgehead atoms. The third kappa shape index (κ3) is 4.34. The highest BCUT2D eigenvalue weighted by Gasteiger charge is 2.36. The van der Waals surface area contributed by atoms with Crippen LogP contribution in [0, 0.1) is 18.8 Å². The molecule has 0 unspecified atom stereocenters. The van der Waals surface area contributed by atoms with Gasteiger partial charge in [0.25, 0.3) is 0 Å². The number of likely N-dealkylation sites (tertiary alicyclic amines) is 1. The zero-order valence-electron chi connectivity index (χ0n) is 16.3. The molecule has 2 aliphatic rings. The molecular weight excluding hydrogens is 364 g/mol. The summed E-state index contributed by atoms with van der Waals surface area (Å²) in [6.07, 6.45) is 4.07. The summed E-state index contributed by atoms with van der Waals surface area (Å²) in [5, 5.41) is 3.56. The van der Waals surface area contributed by atoms with E-state index in [9.17, 15) is 14.4 Å². The highest BCUT2D eigenvalue weighted by atomic mass is 32.1. The summed E-state index contributed by atoms with van der Waals surface area (Å²) >= 11 is 1.43. The second kappa shape index (κ2) is 8.42. The molecule has 0 aromatic carbocycles. The van der Waals surface area contributed by atoms with Crippen LogP contribution in [0.2, 0.25) is 0 Å². The standard InChI is InChI=1S/C20H28N2O4S/c1-4-15-12(3)27-18(16(15)20(25)26-5-2)21-17(23)13-8-10-22(11-9-13)19(24)14-6-7-14/h13-14H,4-11H2,1-3H3,(H,21,23). The summed E-state index contributed by atoms with van der Waals surface area (Å²) < 4.78 is 5.19. The smallest absolute Gasteiger partial charge is 0.341 e. The molecule has 1 aliphatic heterocycles. The van der Waals surface area contributed by atoms with Crippen LogP contribution in [0.5, 0.6) is 0 Å². The van der Waals surface area contributed by atoms with Crippen molar-refractivity contribution < 1.29 is 19.1 Å². The van der Waals surface area contributed by atoms with E-state index in [1.54, 1.807) is 6.92 Å². The Morgan fingerprint density at radius 1 is 1.11 bits per heavy atom. The number of rotatable bonds is 6. The molecule has 0 spiro atoms. The van der Waals surface area contributed by atoms with Crippen molar-refractivity contribution >= 4 is 34.1 Å². The second-order valence-electron chi connectivity index (χ2n) is 7.28. The molecule has 6 nitrogen and oxygen atoms in total. The first kappa shape index (κ1) is 19.9. The van der Waals surface area contributed by atoms with E-state index in [-0.39, 0.29) is 29.6 Å². The minimum atomic E-state index is -0.376. The fraction of sp³-hybridized carbons (Fsp3) is 0.650. The molecule has 0 radical (unpaired) electrons. The molecule has 1 N–H and O–H groups in total. The number of aryl methyl sites for hydroxylation is 1. The molecular formula is C20H28N2O4S. The number of piperidine rings is 1. The van der Waals surface area contributed by atoms with E-state index in [0.717, 1.165) is 23.3 Å². The molecule has 0 atom stereocenters. The molecule has 2 heterocycles. The van der Waals surface area contributed by atoms with Crippen molar-refractivity contribution in [1.82, 2.24) is 4.90 Å². The number of anilines is 1. The first-order valence-electron chi connectivity index (χ1n) is 9.85. The first-order chi connectivity index (χ1) is 13.0. The molecule has 2 amide bonds. The van der Waals surface area contributed by atoms with Crippen molar-refractivity contribution in [3.05, 3.63) is 16.0 Å². The molecule has 1 saturated carbocycles. The zero-order chi connectivity index (χ0) is 19.6. The van der Waals surface area contributed by atoms with Crippen LogP contribution in [0.3, 0.4) is 0 Å². The molecule has 1 aromatic heterocycles. The van der Waals surface area contributed by atoms with E-state index in [1.165, 1.54) is 11.3 Å². The molecule has 1 aliphatic carbocycles. The number of thiophene rings is 1. The van der Waals surface area contributed by atoms with Crippen molar-refractivity contribution in [2.24, 2.45) is 11.8 Å². The Bertz CT molecular complexity index is 731. The number of hydrogen-bond acceptors (Lipinski definition) is 5. The maximum absolute atomic E-state index is 12.8. The van der Waals surface area contributed by atoms with Gasteiger partial charge in [0.05, 0.1) is 12.2 Å². The predicted octanol–water partition coefficient (Wildman–Crippen LogP) is 3.38. The van der Waals surface area contributed by atoms with Crippen LogP contribution >= 0.6 is 11.3 Å². The van der Waals surface area contributed by atoms with E-state index in [4.69, 9.17) is 4.74 Å². The van der Waals surface area contributed by atoms with Gasteiger partial charge in [-0.1, -0.05) is 6.92 Å². The summed E-state index contributed by atoms with van der Waals surface area (Å²) in [6, 6.07) is 0. The lowest BCUT2D eigenvalue weighted by molar-refractivity contribution is -0.135. The third-order valence-corrected chi connectivity index (χ3v) is 6.45. The van der Waals surface area contributed by atoms with Crippen LogP contribution in [-0.4, -0.2) is 42.4 Å². The second-order valence-corrected chi connectivity index (χ2v) is 8.50. The number of carbonyl (C=O) groups is 3. The summed E-state index contributed by atoms with van der Waals surface area (Å²) in [4.78, 5) is 40.3. The quantitative estimate of drug-likeness (QED) is 0.753. The summed E-state index contributed by atoms with van der Waals surface area (Å²) in [6.45, 7) is 7.32. The van der Waals surface area contributed by atoms with Crippen molar-refractivity contribution in [2.45, 2.75) is 52.9 Å². The van der Waals surface area contributed by atoms with Gasteiger partial charge in [-0.05, 0) is 51.5 Å². The SMILES string of the molecule is CCOC(=O)c1c(NC(=O)C2CCN(C(=O)C3CC3)CC2)sc(C)c1CC. The summed E-state index contributed by atoms with van der Waals surface area (Å²) in [5.74, 6) is -0.0957. The van der Waals surface area contributed by atoms with Crippen LogP contribution in [0.15, 0.2) is 0 Å². The van der Waals surface area contributed by atoms with E-state index in [0.29, 0.717) is 49.5 Å².